The maximum Gasteiger partial charge on any atom is 0.244 e. The predicted octanol–water partition coefficient (Wildman–Crippen LogP) is 2.70. The van der Waals surface area contributed by atoms with Crippen LogP contribution >= 0.6 is 0 Å². The second-order valence-corrected chi connectivity index (χ2v) is 4.95. The molecule has 5 heteroatoms. The molecule has 3 nitrogen and oxygen atoms in total. The van der Waals surface area contributed by atoms with Gasteiger partial charge in [0.05, 0.1) is 0 Å². The van der Waals surface area contributed by atoms with E-state index < -0.39 is 17.7 Å². The molecular weight excluding hydrogens is 250 g/mol. The summed E-state index contributed by atoms with van der Waals surface area (Å²) >= 11 is 0. The normalized spacial score (nSPS) is 16.5. The minimum atomic E-state index is -0.677. The molecule has 2 rings (SSSR count). The highest BCUT2D eigenvalue weighted by atomic mass is 19.1. The molecule has 1 aromatic carbocycles. The minimum absolute atomic E-state index is 0.113. The molecule has 0 spiro atoms. The van der Waals surface area contributed by atoms with Gasteiger partial charge in [0.25, 0.3) is 0 Å². The maximum absolute atomic E-state index is 13.8. The van der Waals surface area contributed by atoms with E-state index in [2.05, 4.69) is 5.32 Å². The predicted molar refractivity (Wildman–Crippen MR) is 70.0 cm³/mol. The first kappa shape index (κ1) is 13.8. The van der Waals surface area contributed by atoms with Gasteiger partial charge in [0, 0.05) is 13.1 Å². The van der Waals surface area contributed by atoms with Gasteiger partial charge in [-0.2, -0.15) is 0 Å². The molecule has 104 valence electrons. The lowest BCUT2D eigenvalue weighted by Crippen LogP contribution is -2.40. The average molecular weight is 268 g/mol. The number of aryl methyl sites for hydroxylation is 1. The van der Waals surface area contributed by atoms with Crippen LogP contribution in [0, 0.1) is 18.6 Å². The van der Waals surface area contributed by atoms with Gasteiger partial charge in [0.15, 0.2) is 5.82 Å². The molecule has 1 N–H and O–H groups in total. The lowest BCUT2D eigenvalue weighted by molar-refractivity contribution is -0.130. The van der Waals surface area contributed by atoms with Crippen molar-refractivity contribution in [3.05, 3.63) is 29.3 Å². The molecule has 1 aliphatic rings. The van der Waals surface area contributed by atoms with Gasteiger partial charge in [-0.05, 0) is 38.3 Å². The summed E-state index contributed by atoms with van der Waals surface area (Å²) in [6.07, 6.45) is 1.98. The Bertz CT molecular complexity index is 485. The molecule has 1 heterocycles. The van der Waals surface area contributed by atoms with Crippen molar-refractivity contribution in [1.29, 1.82) is 0 Å². The highest BCUT2D eigenvalue weighted by Crippen LogP contribution is 2.23. The molecule has 1 fully saturated rings. The molecular formula is C14H18F2N2O. The Morgan fingerprint density at radius 1 is 1.32 bits per heavy atom. The summed E-state index contributed by atoms with van der Waals surface area (Å²) in [6, 6.07) is 1.94. The van der Waals surface area contributed by atoms with E-state index >= 15 is 0 Å². The van der Waals surface area contributed by atoms with Crippen molar-refractivity contribution >= 4 is 11.6 Å². The monoisotopic (exact) mass is 268 g/mol. The fourth-order valence-electron chi connectivity index (χ4n) is 2.28. The maximum atomic E-state index is 13.8. The highest BCUT2D eigenvalue weighted by molar-refractivity contribution is 5.84. The van der Waals surface area contributed by atoms with E-state index in [-0.39, 0.29) is 11.6 Å². The molecule has 1 aromatic rings. The number of hydrogen-bond donors (Lipinski definition) is 1. The lowest BCUT2D eigenvalue weighted by atomic mass is 10.1. The quantitative estimate of drug-likeness (QED) is 0.914. The van der Waals surface area contributed by atoms with E-state index in [0.29, 0.717) is 5.56 Å². The number of carbonyl (C=O) groups is 1. The second kappa shape index (κ2) is 5.55. The summed E-state index contributed by atoms with van der Waals surface area (Å²) in [7, 11) is 0. The summed E-state index contributed by atoms with van der Waals surface area (Å²) in [6.45, 7) is 4.64. The summed E-state index contributed by atoms with van der Waals surface area (Å²) in [5, 5.41) is 2.65. The molecule has 0 aliphatic carbocycles. The highest BCUT2D eigenvalue weighted by Gasteiger charge is 2.24. The van der Waals surface area contributed by atoms with Crippen LogP contribution in [-0.4, -0.2) is 29.9 Å². The molecule has 19 heavy (non-hydrogen) atoms. The topological polar surface area (TPSA) is 32.3 Å². The molecule has 1 amide bonds. The van der Waals surface area contributed by atoms with E-state index in [1.165, 1.54) is 12.1 Å². The zero-order chi connectivity index (χ0) is 14.0. The summed E-state index contributed by atoms with van der Waals surface area (Å²) < 4.78 is 27.4. The van der Waals surface area contributed by atoms with Gasteiger partial charge >= 0.3 is 0 Å². The number of rotatable bonds is 3. The van der Waals surface area contributed by atoms with Gasteiger partial charge in [-0.25, -0.2) is 8.78 Å². The van der Waals surface area contributed by atoms with Crippen LogP contribution in [0.1, 0.15) is 25.3 Å². The molecule has 0 aromatic heterocycles. The Morgan fingerprint density at radius 2 is 1.95 bits per heavy atom. The minimum Gasteiger partial charge on any atom is -0.369 e. The fraction of sp³-hybridized carbons (Fsp3) is 0.500. The first-order valence-electron chi connectivity index (χ1n) is 6.50. The SMILES string of the molecule is Cc1ccc(F)c(NC(C)C(=O)N2CCCC2)c1F. The molecule has 0 bridgehead atoms. The number of halogens is 2. The van der Waals surface area contributed by atoms with Crippen molar-refractivity contribution in [2.75, 3.05) is 18.4 Å². The molecule has 1 atom stereocenters. The molecule has 1 aliphatic heterocycles. The van der Waals surface area contributed by atoms with E-state index in [9.17, 15) is 13.6 Å². The summed E-state index contributed by atoms with van der Waals surface area (Å²) in [5.41, 5.74) is 0.129. The van der Waals surface area contributed by atoms with Crippen molar-refractivity contribution < 1.29 is 13.6 Å². The number of likely N-dealkylation sites (tertiary alicyclic amines) is 1. The van der Waals surface area contributed by atoms with E-state index in [0.717, 1.165) is 25.9 Å². The van der Waals surface area contributed by atoms with Gasteiger partial charge in [-0.1, -0.05) is 6.07 Å². The number of anilines is 1. The number of nitrogens with zero attached hydrogens (tertiary/aromatic N) is 1. The van der Waals surface area contributed by atoms with Gasteiger partial charge in [0.2, 0.25) is 5.91 Å². The second-order valence-electron chi connectivity index (χ2n) is 4.95. The van der Waals surface area contributed by atoms with Crippen molar-refractivity contribution in [2.45, 2.75) is 32.7 Å². The average Bonchev–Trinajstić information content (AvgIpc) is 2.92. The van der Waals surface area contributed by atoms with Gasteiger partial charge in [0.1, 0.15) is 17.5 Å². The smallest absolute Gasteiger partial charge is 0.244 e. The zero-order valence-corrected chi connectivity index (χ0v) is 11.2. The van der Waals surface area contributed by atoms with Crippen LogP contribution in [-0.2, 0) is 4.79 Å². The molecule has 0 radical (unpaired) electrons. The van der Waals surface area contributed by atoms with Crippen LogP contribution in [0.2, 0.25) is 0 Å². The third kappa shape index (κ3) is 2.85. The number of hydrogen-bond acceptors (Lipinski definition) is 2. The van der Waals surface area contributed by atoms with Crippen molar-refractivity contribution in [1.82, 2.24) is 4.90 Å². The van der Waals surface area contributed by atoms with Crippen molar-refractivity contribution in [3.8, 4) is 0 Å². The van der Waals surface area contributed by atoms with Crippen LogP contribution in [0.4, 0.5) is 14.5 Å². The summed E-state index contributed by atoms with van der Waals surface area (Å²) in [4.78, 5) is 13.8. The third-order valence-electron chi connectivity index (χ3n) is 3.43. The first-order chi connectivity index (χ1) is 9.00. The standard InChI is InChI=1S/C14H18F2N2O/c1-9-5-6-11(15)13(12(9)16)17-10(2)14(19)18-7-3-4-8-18/h5-6,10,17H,3-4,7-8H2,1-2H3. The fourth-order valence-corrected chi connectivity index (χ4v) is 2.28. The van der Waals surface area contributed by atoms with Crippen LogP contribution in [0.5, 0.6) is 0 Å². The van der Waals surface area contributed by atoms with Crippen LogP contribution in [0.15, 0.2) is 12.1 Å². The van der Waals surface area contributed by atoms with E-state index in [4.69, 9.17) is 0 Å². The Balaban J connectivity index is 2.12. The Morgan fingerprint density at radius 3 is 2.58 bits per heavy atom. The largest absolute Gasteiger partial charge is 0.369 e. The van der Waals surface area contributed by atoms with Gasteiger partial charge in [-0.15, -0.1) is 0 Å². The number of amides is 1. The van der Waals surface area contributed by atoms with Gasteiger partial charge < -0.3 is 10.2 Å². The molecule has 1 saturated heterocycles. The van der Waals surface area contributed by atoms with E-state index in [1.54, 1.807) is 18.7 Å². The van der Waals surface area contributed by atoms with Crippen LogP contribution in [0.3, 0.4) is 0 Å². The first-order valence-corrected chi connectivity index (χ1v) is 6.50. The zero-order valence-electron chi connectivity index (χ0n) is 11.2. The Kier molecular flexibility index (Phi) is 4.02. The van der Waals surface area contributed by atoms with Crippen molar-refractivity contribution in [3.63, 3.8) is 0 Å². The number of carbonyl (C=O) groups excluding carboxylic acids is 1. The third-order valence-corrected chi connectivity index (χ3v) is 3.43. The Labute approximate surface area is 111 Å². The van der Waals surface area contributed by atoms with Crippen molar-refractivity contribution in [2.24, 2.45) is 0 Å². The molecule has 1 unspecified atom stereocenters. The van der Waals surface area contributed by atoms with Gasteiger partial charge in [-0.3, -0.25) is 4.79 Å². The van der Waals surface area contributed by atoms with Crippen LogP contribution in [0.25, 0.3) is 0 Å². The lowest BCUT2D eigenvalue weighted by Gasteiger charge is -2.22. The number of nitrogens with one attached hydrogen (secondary N) is 1. The number of benzene rings is 1. The Hall–Kier alpha value is -1.65. The molecule has 0 saturated carbocycles. The van der Waals surface area contributed by atoms with Crippen LogP contribution < -0.4 is 5.32 Å². The summed E-state index contributed by atoms with van der Waals surface area (Å²) in [5.74, 6) is -1.43. The van der Waals surface area contributed by atoms with E-state index in [1.807, 2.05) is 0 Å².